The summed E-state index contributed by atoms with van der Waals surface area (Å²) in [7, 11) is 0. The fourth-order valence-electron chi connectivity index (χ4n) is 1.76. The lowest BCUT2D eigenvalue weighted by Crippen LogP contribution is -2.39. The third-order valence-corrected chi connectivity index (χ3v) is 3.10. The molecule has 0 atom stereocenters. The Morgan fingerprint density at radius 1 is 1.21 bits per heavy atom. The molecule has 2 rings (SSSR count). The van der Waals surface area contributed by atoms with Gasteiger partial charge in [-0.3, -0.25) is 9.59 Å². The standard InChI is InChI=1S/C13H14F2N2O2/c14-10-5-4-9(6-11(10)15)17-12(18)7-16-13(19)8-2-1-3-8/h4-6,8H,1-3,7H2,(H,16,19)(H,17,18). The second-order valence-corrected chi connectivity index (χ2v) is 4.52. The summed E-state index contributed by atoms with van der Waals surface area (Å²) >= 11 is 0. The first-order valence-corrected chi connectivity index (χ1v) is 6.09. The molecule has 1 saturated carbocycles. The van der Waals surface area contributed by atoms with Crippen molar-refractivity contribution in [3.05, 3.63) is 29.8 Å². The number of benzene rings is 1. The zero-order chi connectivity index (χ0) is 13.8. The fourth-order valence-corrected chi connectivity index (χ4v) is 1.76. The van der Waals surface area contributed by atoms with Crippen LogP contribution in [0.2, 0.25) is 0 Å². The van der Waals surface area contributed by atoms with Gasteiger partial charge in [0.15, 0.2) is 11.6 Å². The molecule has 0 radical (unpaired) electrons. The first-order valence-electron chi connectivity index (χ1n) is 6.09. The van der Waals surface area contributed by atoms with Gasteiger partial charge in [-0.15, -0.1) is 0 Å². The smallest absolute Gasteiger partial charge is 0.243 e. The Bertz CT molecular complexity index is 501. The molecule has 1 aliphatic carbocycles. The van der Waals surface area contributed by atoms with E-state index in [1.165, 1.54) is 6.07 Å². The second-order valence-electron chi connectivity index (χ2n) is 4.52. The first-order chi connectivity index (χ1) is 9.06. The van der Waals surface area contributed by atoms with Gasteiger partial charge in [-0.2, -0.15) is 0 Å². The lowest BCUT2D eigenvalue weighted by Gasteiger charge is -2.23. The minimum Gasteiger partial charge on any atom is -0.347 e. The normalized spacial score (nSPS) is 14.6. The van der Waals surface area contributed by atoms with Gasteiger partial charge in [0.1, 0.15) is 0 Å². The van der Waals surface area contributed by atoms with E-state index in [2.05, 4.69) is 10.6 Å². The van der Waals surface area contributed by atoms with Crippen LogP contribution in [0.3, 0.4) is 0 Å². The topological polar surface area (TPSA) is 58.2 Å². The van der Waals surface area contributed by atoms with Gasteiger partial charge in [-0.25, -0.2) is 8.78 Å². The molecule has 4 nitrogen and oxygen atoms in total. The number of hydrogen-bond acceptors (Lipinski definition) is 2. The van der Waals surface area contributed by atoms with Crippen LogP contribution in [0.1, 0.15) is 19.3 Å². The number of carbonyl (C=O) groups excluding carboxylic acids is 2. The Balaban J connectivity index is 1.80. The predicted octanol–water partition coefficient (Wildman–Crippen LogP) is 1.82. The zero-order valence-electron chi connectivity index (χ0n) is 10.2. The zero-order valence-corrected chi connectivity index (χ0v) is 10.2. The van der Waals surface area contributed by atoms with E-state index in [-0.39, 0.29) is 24.1 Å². The van der Waals surface area contributed by atoms with E-state index in [1.807, 2.05) is 0 Å². The quantitative estimate of drug-likeness (QED) is 0.875. The number of nitrogens with one attached hydrogen (secondary N) is 2. The molecule has 2 amide bonds. The van der Waals surface area contributed by atoms with Crippen LogP contribution in [0.25, 0.3) is 0 Å². The molecule has 19 heavy (non-hydrogen) atoms. The maximum Gasteiger partial charge on any atom is 0.243 e. The number of carbonyl (C=O) groups is 2. The van der Waals surface area contributed by atoms with Crippen molar-refractivity contribution in [1.29, 1.82) is 0 Å². The first kappa shape index (κ1) is 13.5. The highest BCUT2D eigenvalue weighted by molar-refractivity contribution is 5.94. The van der Waals surface area contributed by atoms with Crippen LogP contribution < -0.4 is 10.6 Å². The molecule has 0 heterocycles. The van der Waals surface area contributed by atoms with Crippen LogP contribution in [-0.2, 0) is 9.59 Å². The van der Waals surface area contributed by atoms with Crippen LogP contribution in [0.5, 0.6) is 0 Å². The Morgan fingerprint density at radius 2 is 1.95 bits per heavy atom. The SMILES string of the molecule is O=C(CNC(=O)C1CCC1)Nc1ccc(F)c(F)c1. The molecule has 2 N–H and O–H groups in total. The molecule has 0 aliphatic heterocycles. The highest BCUT2D eigenvalue weighted by Gasteiger charge is 2.25. The molecule has 1 aromatic rings. The van der Waals surface area contributed by atoms with Gasteiger partial charge >= 0.3 is 0 Å². The number of amides is 2. The van der Waals surface area contributed by atoms with Crippen LogP contribution in [0.15, 0.2) is 18.2 Å². The number of hydrogen-bond donors (Lipinski definition) is 2. The van der Waals surface area contributed by atoms with Gasteiger partial charge in [-0.1, -0.05) is 6.42 Å². The van der Waals surface area contributed by atoms with Gasteiger partial charge in [0, 0.05) is 17.7 Å². The molecule has 102 valence electrons. The van der Waals surface area contributed by atoms with Crippen LogP contribution in [-0.4, -0.2) is 18.4 Å². The molecule has 1 fully saturated rings. The van der Waals surface area contributed by atoms with Gasteiger partial charge in [0.25, 0.3) is 0 Å². The third kappa shape index (κ3) is 3.49. The molecule has 1 aromatic carbocycles. The van der Waals surface area contributed by atoms with Crippen molar-refractivity contribution in [1.82, 2.24) is 5.32 Å². The lowest BCUT2D eigenvalue weighted by atomic mass is 9.85. The Labute approximate surface area is 109 Å². The summed E-state index contributed by atoms with van der Waals surface area (Å²) in [5, 5.41) is 4.89. The summed E-state index contributed by atoms with van der Waals surface area (Å²) in [4.78, 5) is 23.0. The average molecular weight is 268 g/mol. The van der Waals surface area contributed by atoms with Crippen LogP contribution in [0.4, 0.5) is 14.5 Å². The minimum atomic E-state index is -1.03. The second kappa shape index (κ2) is 5.77. The Hall–Kier alpha value is -1.98. The van der Waals surface area contributed by atoms with E-state index in [0.717, 1.165) is 31.4 Å². The number of halogens is 2. The van der Waals surface area contributed by atoms with Crippen LogP contribution >= 0.6 is 0 Å². The van der Waals surface area contributed by atoms with Gasteiger partial charge in [0.05, 0.1) is 6.54 Å². The Morgan fingerprint density at radius 3 is 2.53 bits per heavy atom. The summed E-state index contributed by atoms with van der Waals surface area (Å²) in [6, 6.07) is 3.07. The Kier molecular flexibility index (Phi) is 4.09. The molecule has 6 heteroatoms. The van der Waals surface area contributed by atoms with Crippen LogP contribution in [0, 0.1) is 17.6 Å². The lowest BCUT2D eigenvalue weighted by molar-refractivity contribution is -0.129. The summed E-state index contributed by atoms with van der Waals surface area (Å²) in [5.74, 6) is -2.60. The van der Waals surface area contributed by atoms with Gasteiger partial charge in [0.2, 0.25) is 11.8 Å². The maximum atomic E-state index is 12.9. The van der Waals surface area contributed by atoms with Crippen molar-refractivity contribution in [2.45, 2.75) is 19.3 Å². The van der Waals surface area contributed by atoms with E-state index >= 15 is 0 Å². The largest absolute Gasteiger partial charge is 0.347 e. The van der Waals surface area contributed by atoms with Crippen molar-refractivity contribution in [2.75, 3.05) is 11.9 Å². The molecule has 0 aromatic heterocycles. The summed E-state index contributed by atoms with van der Waals surface area (Å²) in [5.41, 5.74) is 0.154. The molecular weight excluding hydrogens is 254 g/mol. The van der Waals surface area contributed by atoms with E-state index < -0.39 is 17.5 Å². The van der Waals surface area contributed by atoms with Crippen molar-refractivity contribution < 1.29 is 18.4 Å². The van der Waals surface area contributed by atoms with Crippen molar-refractivity contribution in [2.24, 2.45) is 5.92 Å². The molecule has 1 aliphatic rings. The fraction of sp³-hybridized carbons (Fsp3) is 0.385. The number of anilines is 1. The summed E-state index contributed by atoms with van der Waals surface area (Å²) < 4.78 is 25.6. The molecule has 0 bridgehead atoms. The van der Waals surface area contributed by atoms with E-state index in [1.54, 1.807) is 0 Å². The average Bonchev–Trinajstić information content (AvgIpc) is 2.29. The third-order valence-electron chi connectivity index (χ3n) is 3.10. The minimum absolute atomic E-state index is 0.0102. The summed E-state index contributed by atoms with van der Waals surface area (Å²) in [6.07, 6.45) is 2.76. The van der Waals surface area contributed by atoms with Gasteiger partial charge in [-0.05, 0) is 25.0 Å². The monoisotopic (exact) mass is 268 g/mol. The maximum absolute atomic E-state index is 12.9. The van der Waals surface area contributed by atoms with Crippen molar-refractivity contribution >= 4 is 17.5 Å². The number of rotatable bonds is 4. The highest BCUT2D eigenvalue weighted by Crippen LogP contribution is 2.26. The molecule has 0 unspecified atom stereocenters. The summed E-state index contributed by atoms with van der Waals surface area (Å²) in [6.45, 7) is -0.172. The molecular formula is C13H14F2N2O2. The van der Waals surface area contributed by atoms with E-state index in [9.17, 15) is 18.4 Å². The molecule has 0 saturated heterocycles. The van der Waals surface area contributed by atoms with Crippen molar-refractivity contribution in [3.8, 4) is 0 Å². The van der Waals surface area contributed by atoms with E-state index in [4.69, 9.17) is 0 Å². The molecule has 0 spiro atoms. The van der Waals surface area contributed by atoms with Crippen molar-refractivity contribution in [3.63, 3.8) is 0 Å². The van der Waals surface area contributed by atoms with E-state index in [0.29, 0.717) is 0 Å². The van der Waals surface area contributed by atoms with Gasteiger partial charge < -0.3 is 10.6 Å². The highest BCUT2D eigenvalue weighted by atomic mass is 19.2. The predicted molar refractivity (Wildman–Crippen MR) is 65.3 cm³/mol.